The molecule has 77 heavy (non-hydrogen) atoms. The lowest BCUT2D eigenvalue weighted by atomic mass is 9.35. The Morgan fingerprint density at radius 1 is 0.545 bits per heavy atom. The topological polar surface area (TPSA) is 377 Å². The van der Waals surface area contributed by atoms with Gasteiger partial charge in [0.05, 0.1) is 44.2 Å². The van der Waals surface area contributed by atoms with Crippen molar-refractivity contribution in [3.05, 3.63) is 11.6 Å². The predicted octanol–water partition coefficient (Wildman–Crippen LogP) is -2.20. The van der Waals surface area contributed by atoms with Crippen LogP contribution in [-0.2, 0) is 37.9 Å². The molecule has 0 aromatic carbocycles. The van der Waals surface area contributed by atoms with E-state index in [-0.39, 0.29) is 34.5 Å². The molecule has 8 rings (SSSR count). The highest BCUT2D eigenvalue weighted by molar-refractivity contribution is 5.20. The van der Waals surface area contributed by atoms with Gasteiger partial charge in [0.2, 0.25) is 0 Å². The molecule has 0 aromatic heterocycles. The Labute approximate surface area is 450 Å². The van der Waals surface area contributed by atoms with Crippen LogP contribution in [0.25, 0.3) is 0 Å². The van der Waals surface area contributed by atoms with Crippen molar-refractivity contribution < 1.29 is 114 Å². The number of aliphatic hydroxyl groups excluding tert-OH is 15. The van der Waals surface area contributed by atoms with E-state index in [1.807, 2.05) is 20.8 Å². The quantitative estimate of drug-likeness (QED) is 0.0576. The Morgan fingerprint density at radius 2 is 1.05 bits per heavy atom. The van der Waals surface area contributed by atoms with Crippen LogP contribution in [-0.4, -0.2) is 244 Å². The molecular formula is C54H92O23. The van der Waals surface area contributed by atoms with Gasteiger partial charge in [0.15, 0.2) is 25.2 Å². The standard InChI is InChI=1S/C54H92O23/c1-23(2)10-9-14-54(8,77-48-44(69)40(65)37(62)29(74-48)22-70-46-42(67)38(63)34(59)26(19-55)71-46)24-11-16-53(7)33(24)25(58)18-31-51(5)15-13-32(50(3,4)30(51)12-17-52(31,53)6)75-49-45(41(66)36(61)28(21-57)73-49)76-47-43(68)39(64)35(60)27(20-56)72-47/h10,24-49,55-69H,9,11-22H2,1-8H3/t24-,25+,26+,27+,28+,29+,30-,31-,32-,33+,34+,35+,36+,37+,38-,39-,40-,41-,42+,43+,44+,45+,46+,47-,48-,49-,51-,52+,53+,54-/m0/s1. The summed E-state index contributed by atoms with van der Waals surface area (Å²) in [5.41, 5.74) is -1.59. The summed E-state index contributed by atoms with van der Waals surface area (Å²) in [6, 6.07) is 0. The molecule has 15 N–H and O–H groups in total. The fourth-order valence-electron chi connectivity index (χ4n) is 16.3. The van der Waals surface area contributed by atoms with E-state index in [1.54, 1.807) is 0 Å². The smallest absolute Gasteiger partial charge is 0.187 e. The highest BCUT2D eigenvalue weighted by Crippen LogP contribution is 2.76. The molecule has 4 saturated carbocycles. The fraction of sp³-hybridized carbons (Fsp3) is 0.963. The summed E-state index contributed by atoms with van der Waals surface area (Å²) in [5.74, 6) is -0.475. The molecule has 4 heterocycles. The summed E-state index contributed by atoms with van der Waals surface area (Å²) in [4.78, 5) is 0. The molecule has 8 fully saturated rings. The Hall–Kier alpha value is -1.18. The summed E-state index contributed by atoms with van der Waals surface area (Å²) in [7, 11) is 0. The van der Waals surface area contributed by atoms with E-state index < -0.39 is 178 Å². The average molecular weight is 1110 g/mol. The first-order valence-corrected chi connectivity index (χ1v) is 27.9. The molecule has 4 saturated heterocycles. The number of allylic oxidation sites excluding steroid dienone is 2. The SMILES string of the molecule is CC(C)=CCC[C@](C)(O[C@@H]1O[C@H](CO[C@@H]2O[C@H](CO)[C@@H](O)[C@H](O)[C@H]2O)[C@@H](O)[C@H](O)[C@H]1O)[C@H]1CC[C@]2(C)[C@H]1[C@H](O)C[C@H]1[C@@]3(C)CC[C@H](O[C@@H]4O[C@H](CO)[C@@H](O)[C@H](O)[C@H]4O[C@@H]4O[C@H](CO)[C@@H](O)[C@H](O)[C@H]4O)C(C)(C)[C@@H]3CC[C@]12C. The highest BCUT2D eigenvalue weighted by Gasteiger charge is 2.72. The lowest BCUT2D eigenvalue weighted by Gasteiger charge is -2.71. The maximum atomic E-state index is 12.8. The van der Waals surface area contributed by atoms with E-state index >= 15 is 0 Å². The maximum absolute atomic E-state index is 12.8. The Morgan fingerprint density at radius 3 is 1.64 bits per heavy atom. The molecular weight excluding hydrogens is 1020 g/mol. The lowest BCUT2D eigenvalue weighted by molar-refractivity contribution is -0.378. The summed E-state index contributed by atoms with van der Waals surface area (Å²) >= 11 is 0. The van der Waals surface area contributed by atoms with Crippen molar-refractivity contribution in [2.45, 2.75) is 254 Å². The summed E-state index contributed by atoms with van der Waals surface area (Å²) in [6.07, 6.45) is -25.2. The molecule has 0 unspecified atom stereocenters. The van der Waals surface area contributed by atoms with Crippen molar-refractivity contribution in [2.75, 3.05) is 26.4 Å². The summed E-state index contributed by atoms with van der Waals surface area (Å²) in [5, 5.41) is 162. The first-order valence-electron chi connectivity index (χ1n) is 27.9. The lowest BCUT2D eigenvalue weighted by Crippen LogP contribution is -2.68. The summed E-state index contributed by atoms with van der Waals surface area (Å²) < 4.78 is 48.9. The molecule has 0 spiro atoms. The van der Waals surface area contributed by atoms with Crippen LogP contribution < -0.4 is 0 Å². The van der Waals surface area contributed by atoms with Crippen LogP contribution in [0, 0.1) is 45.3 Å². The van der Waals surface area contributed by atoms with Crippen molar-refractivity contribution in [1.82, 2.24) is 0 Å². The van der Waals surface area contributed by atoms with Crippen molar-refractivity contribution >= 4 is 0 Å². The van der Waals surface area contributed by atoms with E-state index in [1.165, 1.54) is 0 Å². The van der Waals surface area contributed by atoms with Gasteiger partial charge in [-0.25, -0.2) is 0 Å². The zero-order valence-electron chi connectivity index (χ0n) is 45.8. The van der Waals surface area contributed by atoms with Crippen molar-refractivity contribution in [1.29, 1.82) is 0 Å². The molecule has 0 bridgehead atoms. The second-order valence-corrected chi connectivity index (χ2v) is 25.7. The minimum atomic E-state index is -1.82. The van der Waals surface area contributed by atoms with Crippen molar-refractivity contribution in [3.63, 3.8) is 0 Å². The average Bonchev–Trinajstić information content (AvgIpc) is 3.96. The van der Waals surface area contributed by atoms with Gasteiger partial charge < -0.3 is 114 Å². The molecule has 0 amide bonds. The monoisotopic (exact) mass is 1110 g/mol. The zero-order valence-corrected chi connectivity index (χ0v) is 45.8. The van der Waals surface area contributed by atoms with E-state index in [2.05, 4.69) is 40.7 Å². The molecule has 23 heteroatoms. The van der Waals surface area contributed by atoms with E-state index in [0.717, 1.165) is 24.8 Å². The van der Waals surface area contributed by atoms with Crippen LogP contribution in [0.5, 0.6) is 0 Å². The van der Waals surface area contributed by atoms with Gasteiger partial charge >= 0.3 is 0 Å². The molecule has 4 aliphatic heterocycles. The van der Waals surface area contributed by atoms with Gasteiger partial charge in [-0.15, -0.1) is 0 Å². The highest BCUT2D eigenvalue weighted by atomic mass is 16.8. The third-order valence-electron chi connectivity index (χ3n) is 20.9. The van der Waals surface area contributed by atoms with Gasteiger partial charge in [0.1, 0.15) is 97.7 Å². The van der Waals surface area contributed by atoms with Gasteiger partial charge in [-0.05, 0) is 124 Å². The fourth-order valence-corrected chi connectivity index (χ4v) is 16.3. The van der Waals surface area contributed by atoms with Crippen LogP contribution in [0.2, 0.25) is 0 Å². The van der Waals surface area contributed by atoms with Gasteiger partial charge in [-0.3, -0.25) is 0 Å². The Balaban J connectivity index is 1.01. The van der Waals surface area contributed by atoms with Crippen LogP contribution in [0.15, 0.2) is 11.6 Å². The first-order chi connectivity index (χ1) is 36.0. The second kappa shape index (κ2) is 23.5. The van der Waals surface area contributed by atoms with Crippen molar-refractivity contribution in [2.24, 2.45) is 45.3 Å². The summed E-state index contributed by atoms with van der Waals surface area (Å²) in [6.45, 7) is 14.6. The van der Waals surface area contributed by atoms with Crippen LogP contribution >= 0.6 is 0 Å². The van der Waals surface area contributed by atoms with Gasteiger partial charge in [0.25, 0.3) is 0 Å². The number of hydrogen-bond acceptors (Lipinski definition) is 23. The number of ether oxygens (including phenoxy) is 8. The second-order valence-electron chi connectivity index (χ2n) is 25.7. The van der Waals surface area contributed by atoms with Gasteiger partial charge in [0, 0.05) is 0 Å². The molecule has 23 nitrogen and oxygen atoms in total. The van der Waals surface area contributed by atoms with Crippen molar-refractivity contribution in [3.8, 4) is 0 Å². The minimum absolute atomic E-state index is 0.0374. The van der Waals surface area contributed by atoms with Gasteiger partial charge in [-0.2, -0.15) is 0 Å². The van der Waals surface area contributed by atoms with Crippen LogP contribution in [0.4, 0.5) is 0 Å². The number of aliphatic hydroxyl groups is 15. The third-order valence-corrected chi connectivity index (χ3v) is 20.9. The molecule has 0 aromatic rings. The Kier molecular flexibility index (Phi) is 18.9. The van der Waals surface area contributed by atoms with E-state index in [9.17, 15) is 76.6 Å². The first kappa shape index (κ1) is 61.9. The molecule has 8 aliphatic rings. The molecule has 4 aliphatic carbocycles. The maximum Gasteiger partial charge on any atom is 0.187 e. The van der Waals surface area contributed by atoms with Crippen LogP contribution in [0.1, 0.15) is 113 Å². The molecule has 446 valence electrons. The zero-order chi connectivity index (χ0) is 56.6. The van der Waals surface area contributed by atoms with Crippen LogP contribution in [0.3, 0.4) is 0 Å². The number of hydrogen-bond donors (Lipinski definition) is 15. The predicted molar refractivity (Wildman–Crippen MR) is 266 cm³/mol. The Bertz CT molecular complexity index is 1990. The third kappa shape index (κ3) is 10.9. The molecule has 30 atom stereocenters. The van der Waals surface area contributed by atoms with E-state index in [4.69, 9.17) is 37.9 Å². The normalized spacial score (nSPS) is 52.7. The minimum Gasteiger partial charge on any atom is -0.394 e. The number of rotatable bonds is 16. The number of fused-ring (bicyclic) bond motifs is 5. The van der Waals surface area contributed by atoms with E-state index in [0.29, 0.717) is 38.5 Å². The molecule has 0 radical (unpaired) electrons. The largest absolute Gasteiger partial charge is 0.394 e. The van der Waals surface area contributed by atoms with Gasteiger partial charge in [-0.1, -0.05) is 46.3 Å².